The third-order valence-corrected chi connectivity index (χ3v) is 2.48. The second-order valence-corrected chi connectivity index (χ2v) is 3.92. The predicted molar refractivity (Wildman–Crippen MR) is 70.6 cm³/mol. The van der Waals surface area contributed by atoms with Gasteiger partial charge in [0.2, 0.25) is 5.91 Å². The van der Waals surface area contributed by atoms with Crippen LogP contribution in [0.3, 0.4) is 0 Å². The Hall–Kier alpha value is -2.54. The summed E-state index contributed by atoms with van der Waals surface area (Å²) in [4.78, 5) is 11.8. The summed E-state index contributed by atoms with van der Waals surface area (Å²) in [6.07, 6.45) is 3.52. The zero-order valence-electron chi connectivity index (χ0n) is 10.2. The number of nitrogens with zero attached hydrogens (tertiary/aromatic N) is 4. The van der Waals surface area contributed by atoms with Gasteiger partial charge in [-0.25, -0.2) is 4.68 Å². The Morgan fingerprint density at radius 3 is 3.11 bits per heavy atom. The number of aromatic nitrogens is 4. The van der Waals surface area contributed by atoms with E-state index in [1.807, 2.05) is 6.07 Å². The Morgan fingerprint density at radius 1 is 1.58 bits per heavy atom. The topological polar surface area (TPSA) is 98.7 Å². The third-order valence-electron chi connectivity index (χ3n) is 2.48. The molecular weight excluding hydrogens is 244 g/mol. The molecule has 0 bridgehead atoms. The van der Waals surface area contributed by atoms with Gasteiger partial charge in [0.05, 0.1) is 11.7 Å². The second kappa shape index (κ2) is 5.87. The Kier molecular flexibility index (Phi) is 3.99. The van der Waals surface area contributed by atoms with Crippen LogP contribution in [0.5, 0.6) is 0 Å². The highest BCUT2D eigenvalue weighted by atomic mass is 16.2. The lowest BCUT2D eigenvalue weighted by Gasteiger charge is -2.11. The fourth-order valence-electron chi connectivity index (χ4n) is 1.53. The molecule has 0 aliphatic carbocycles. The van der Waals surface area contributed by atoms with Crippen LogP contribution >= 0.6 is 0 Å². The minimum atomic E-state index is -0.603. The molecule has 7 nitrogen and oxygen atoms in total. The molecule has 0 saturated carbocycles. The molecule has 1 unspecified atom stereocenters. The first-order valence-electron chi connectivity index (χ1n) is 5.71. The van der Waals surface area contributed by atoms with Crippen LogP contribution in [0.4, 0.5) is 5.69 Å². The zero-order chi connectivity index (χ0) is 13.7. The number of tetrazole rings is 1. The van der Waals surface area contributed by atoms with Gasteiger partial charge in [-0.3, -0.25) is 4.79 Å². The summed E-state index contributed by atoms with van der Waals surface area (Å²) in [7, 11) is 0. The summed E-state index contributed by atoms with van der Waals surface area (Å²) in [6.45, 7) is 3.55. The SMILES string of the molecule is C=CCC(N)C(=O)Nc1cccc(-n2cnnn2)c1. The highest BCUT2D eigenvalue weighted by Crippen LogP contribution is 2.13. The lowest BCUT2D eigenvalue weighted by atomic mass is 10.2. The number of amides is 1. The molecule has 1 heterocycles. The number of carbonyl (C=O) groups is 1. The van der Waals surface area contributed by atoms with Gasteiger partial charge in [0.15, 0.2) is 0 Å². The van der Waals surface area contributed by atoms with E-state index in [0.717, 1.165) is 5.69 Å². The van der Waals surface area contributed by atoms with Crippen molar-refractivity contribution in [2.45, 2.75) is 12.5 Å². The smallest absolute Gasteiger partial charge is 0.241 e. The van der Waals surface area contributed by atoms with Gasteiger partial charge in [-0.1, -0.05) is 12.1 Å². The molecule has 1 aromatic heterocycles. The first kappa shape index (κ1) is 12.9. The van der Waals surface area contributed by atoms with Crippen molar-refractivity contribution in [1.82, 2.24) is 20.2 Å². The van der Waals surface area contributed by atoms with Gasteiger partial charge >= 0.3 is 0 Å². The van der Waals surface area contributed by atoms with E-state index >= 15 is 0 Å². The Balaban J connectivity index is 2.11. The van der Waals surface area contributed by atoms with Crippen LogP contribution < -0.4 is 11.1 Å². The normalized spacial score (nSPS) is 11.8. The molecule has 98 valence electrons. The summed E-state index contributed by atoms with van der Waals surface area (Å²) in [5.41, 5.74) is 7.07. The van der Waals surface area contributed by atoms with Gasteiger partial charge in [0.25, 0.3) is 0 Å². The molecule has 19 heavy (non-hydrogen) atoms. The van der Waals surface area contributed by atoms with E-state index in [4.69, 9.17) is 5.73 Å². The van der Waals surface area contributed by atoms with Crippen LogP contribution in [-0.4, -0.2) is 32.2 Å². The molecule has 2 rings (SSSR count). The minimum absolute atomic E-state index is 0.256. The standard InChI is InChI=1S/C12H14N6O/c1-2-4-11(13)12(19)15-9-5-3-6-10(7-9)18-8-14-16-17-18/h2-3,5-8,11H,1,4,13H2,(H,15,19). The molecule has 0 saturated heterocycles. The number of rotatable bonds is 5. The average Bonchev–Trinajstić information content (AvgIpc) is 2.93. The van der Waals surface area contributed by atoms with E-state index in [1.165, 1.54) is 11.0 Å². The molecule has 0 aliphatic heterocycles. The maximum absolute atomic E-state index is 11.8. The van der Waals surface area contributed by atoms with Crippen LogP contribution in [-0.2, 0) is 4.79 Å². The number of nitrogens with one attached hydrogen (secondary N) is 1. The summed E-state index contributed by atoms with van der Waals surface area (Å²) < 4.78 is 1.50. The number of nitrogens with two attached hydrogens (primary N) is 1. The van der Waals surface area contributed by atoms with Crippen molar-refractivity contribution in [2.24, 2.45) is 5.73 Å². The minimum Gasteiger partial charge on any atom is -0.325 e. The van der Waals surface area contributed by atoms with Crippen LogP contribution in [0.2, 0.25) is 0 Å². The molecule has 7 heteroatoms. The fraction of sp³-hybridized carbons (Fsp3) is 0.167. The second-order valence-electron chi connectivity index (χ2n) is 3.92. The van der Waals surface area contributed by atoms with Crippen LogP contribution in [0.1, 0.15) is 6.42 Å². The van der Waals surface area contributed by atoms with Crippen molar-refractivity contribution in [3.63, 3.8) is 0 Å². The van der Waals surface area contributed by atoms with Crippen molar-refractivity contribution < 1.29 is 4.79 Å². The fourth-order valence-corrected chi connectivity index (χ4v) is 1.53. The van der Waals surface area contributed by atoms with Crippen molar-refractivity contribution in [3.8, 4) is 5.69 Å². The van der Waals surface area contributed by atoms with Gasteiger partial charge in [-0.15, -0.1) is 11.7 Å². The summed E-state index contributed by atoms with van der Waals surface area (Å²) in [5, 5.41) is 13.6. The van der Waals surface area contributed by atoms with Crippen molar-refractivity contribution in [1.29, 1.82) is 0 Å². The van der Waals surface area contributed by atoms with E-state index in [1.54, 1.807) is 24.3 Å². The Bertz CT molecular complexity index is 565. The van der Waals surface area contributed by atoms with E-state index in [9.17, 15) is 4.79 Å². The van der Waals surface area contributed by atoms with Crippen LogP contribution in [0.25, 0.3) is 5.69 Å². The molecule has 2 aromatic rings. The molecule has 3 N–H and O–H groups in total. The van der Waals surface area contributed by atoms with Gasteiger partial charge in [-0.2, -0.15) is 0 Å². The predicted octanol–water partition coefficient (Wildman–Crippen LogP) is 0.504. The quantitative estimate of drug-likeness (QED) is 0.761. The lowest BCUT2D eigenvalue weighted by Crippen LogP contribution is -2.35. The van der Waals surface area contributed by atoms with Gasteiger partial charge < -0.3 is 11.1 Å². The van der Waals surface area contributed by atoms with E-state index in [2.05, 4.69) is 27.4 Å². The molecule has 0 aliphatic rings. The summed E-state index contributed by atoms with van der Waals surface area (Å²) >= 11 is 0. The third kappa shape index (κ3) is 3.23. The van der Waals surface area contributed by atoms with Crippen LogP contribution in [0, 0.1) is 0 Å². The maximum atomic E-state index is 11.8. The molecule has 0 radical (unpaired) electrons. The molecule has 0 fully saturated rings. The molecule has 1 aromatic carbocycles. The highest BCUT2D eigenvalue weighted by Gasteiger charge is 2.11. The largest absolute Gasteiger partial charge is 0.325 e. The molecular formula is C12H14N6O. The molecule has 0 spiro atoms. The number of hydrogen-bond donors (Lipinski definition) is 2. The van der Waals surface area contributed by atoms with E-state index in [0.29, 0.717) is 12.1 Å². The monoisotopic (exact) mass is 258 g/mol. The number of carbonyl (C=O) groups excluding carboxylic acids is 1. The summed E-state index contributed by atoms with van der Waals surface area (Å²) in [5.74, 6) is -0.256. The first-order chi connectivity index (χ1) is 9.20. The van der Waals surface area contributed by atoms with E-state index in [-0.39, 0.29) is 5.91 Å². The van der Waals surface area contributed by atoms with Gasteiger partial charge in [0.1, 0.15) is 6.33 Å². The highest BCUT2D eigenvalue weighted by molar-refractivity contribution is 5.94. The number of hydrogen-bond acceptors (Lipinski definition) is 5. The first-order valence-corrected chi connectivity index (χ1v) is 5.71. The molecule has 1 amide bonds. The van der Waals surface area contributed by atoms with Crippen molar-refractivity contribution in [3.05, 3.63) is 43.2 Å². The number of anilines is 1. The van der Waals surface area contributed by atoms with Gasteiger partial charge in [0, 0.05) is 5.69 Å². The van der Waals surface area contributed by atoms with E-state index < -0.39 is 6.04 Å². The zero-order valence-corrected chi connectivity index (χ0v) is 10.2. The van der Waals surface area contributed by atoms with Gasteiger partial charge in [-0.05, 0) is 35.0 Å². The molecule has 1 atom stereocenters. The van der Waals surface area contributed by atoms with Crippen molar-refractivity contribution >= 4 is 11.6 Å². The Labute approximate surface area is 110 Å². The Morgan fingerprint density at radius 2 is 2.42 bits per heavy atom. The maximum Gasteiger partial charge on any atom is 0.241 e. The average molecular weight is 258 g/mol. The number of benzene rings is 1. The lowest BCUT2D eigenvalue weighted by molar-refractivity contribution is -0.117. The van der Waals surface area contributed by atoms with Crippen LogP contribution in [0.15, 0.2) is 43.2 Å². The summed E-state index contributed by atoms with van der Waals surface area (Å²) in [6, 6.07) is 6.55. The van der Waals surface area contributed by atoms with Crippen molar-refractivity contribution in [2.75, 3.05) is 5.32 Å².